The van der Waals surface area contributed by atoms with Crippen molar-refractivity contribution in [2.24, 2.45) is 0 Å². The molecule has 0 aromatic heterocycles. The molecule has 0 saturated heterocycles. The van der Waals surface area contributed by atoms with Gasteiger partial charge in [-0.3, -0.25) is 4.79 Å². The zero-order valence-electron chi connectivity index (χ0n) is 9.46. The van der Waals surface area contributed by atoms with Crippen LogP contribution in [0.2, 0.25) is 0 Å². The lowest BCUT2D eigenvalue weighted by atomic mass is 10.1. The van der Waals surface area contributed by atoms with E-state index in [2.05, 4.69) is 0 Å². The van der Waals surface area contributed by atoms with Gasteiger partial charge in [0.2, 0.25) is 0 Å². The van der Waals surface area contributed by atoms with E-state index in [0.717, 1.165) is 0 Å². The molecule has 0 spiro atoms. The molecule has 3 nitrogen and oxygen atoms in total. The number of aryl methyl sites for hydroxylation is 1. The molecule has 16 heavy (non-hydrogen) atoms. The minimum absolute atomic E-state index is 0.0373. The van der Waals surface area contributed by atoms with Crippen LogP contribution in [-0.2, 0) is 16.0 Å². The number of halogens is 1. The van der Waals surface area contributed by atoms with E-state index in [9.17, 15) is 9.18 Å². The first-order chi connectivity index (χ1) is 7.69. The Labute approximate surface area is 94.2 Å². The molecule has 0 aliphatic carbocycles. The molecular formula is C12H15FO3. The van der Waals surface area contributed by atoms with Crippen molar-refractivity contribution in [3.63, 3.8) is 0 Å². The maximum Gasteiger partial charge on any atom is 0.168 e. The van der Waals surface area contributed by atoms with Gasteiger partial charge in [0.1, 0.15) is 6.61 Å². The molecular weight excluding hydrogens is 211 g/mol. The second kappa shape index (κ2) is 6.23. The summed E-state index contributed by atoms with van der Waals surface area (Å²) < 4.78 is 23.2. The summed E-state index contributed by atoms with van der Waals surface area (Å²) in [6.45, 7) is 0.0750. The Morgan fingerprint density at radius 1 is 1.38 bits per heavy atom. The topological polar surface area (TPSA) is 35.5 Å². The molecule has 0 atom stereocenters. The second-order valence-corrected chi connectivity index (χ2v) is 3.41. The molecule has 0 aliphatic rings. The van der Waals surface area contributed by atoms with Crippen molar-refractivity contribution in [1.82, 2.24) is 0 Å². The summed E-state index contributed by atoms with van der Waals surface area (Å²) >= 11 is 0. The van der Waals surface area contributed by atoms with Crippen molar-refractivity contribution in [2.75, 3.05) is 20.8 Å². The highest BCUT2D eigenvalue weighted by Gasteiger charge is 2.09. The SMILES string of the molecule is COCC(=O)CCc1cccc(OC)c1F. The van der Waals surface area contributed by atoms with Crippen LogP contribution in [0.3, 0.4) is 0 Å². The standard InChI is InChI=1S/C12H15FO3/c1-15-8-10(14)7-6-9-4-3-5-11(16-2)12(9)13/h3-5H,6-8H2,1-2H3. The van der Waals surface area contributed by atoms with Crippen LogP contribution < -0.4 is 4.74 Å². The van der Waals surface area contributed by atoms with Gasteiger partial charge in [-0.15, -0.1) is 0 Å². The fourth-order valence-electron chi connectivity index (χ4n) is 1.41. The molecule has 4 heteroatoms. The summed E-state index contributed by atoms with van der Waals surface area (Å²) in [7, 11) is 2.88. The number of hydrogen-bond donors (Lipinski definition) is 0. The predicted octanol–water partition coefficient (Wildman–Crippen LogP) is 1.98. The lowest BCUT2D eigenvalue weighted by Gasteiger charge is -2.06. The van der Waals surface area contributed by atoms with E-state index in [1.54, 1.807) is 18.2 Å². The zero-order chi connectivity index (χ0) is 12.0. The first kappa shape index (κ1) is 12.6. The van der Waals surface area contributed by atoms with Crippen molar-refractivity contribution in [2.45, 2.75) is 12.8 Å². The summed E-state index contributed by atoms with van der Waals surface area (Å²) in [5, 5.41) is 0. The highest BCUT2D eigenvalue weighted by atomic mass is 19.1. The molecule has 0 fully saturated rings. The highest BCUT2D eigenvalue weighted by molar-refractivity contribution is 5.79. The summed E-state index contributed by atoms with van der Waals surface area (Å²) in [6, 6.07) is 4.91. The first-order valence-electron chi connectivity index (χ1n) is 5.01. The predicted molar refractivity (Wildman–Crippen MR) is 58.2 cm³/mol. The Bertz CT molecular complexity index is 363. The molecule has 0 bridgehead atoms. The number of methoxy groups -OCH3 is 2. The van der Waals surface area contributed by atoms with Gasteiger partial charge in [0.15, 0.2) is 17.3 Å². The molecule has 0 unspecified atom stereocenters. The number of carbonyl (C=O) groups excluding carboxylic acids is 1. The van der Waals surface area contributed by atoms with Gasteiger partial charge in [-0.05, 0) is 18.1 Å². The highest BCUT2D eigenvalue weighted by Crippen LogP contribution is 2.20. The average molecular weight is 226 g/mol. The van der Waals surface area contributed by atoms with E-state index in [4.69, 9.17) is 9.47 Å². The van der Waals surface area contributed by atoms with Crippen molar-refractivity contribution in [3.8, 4) is 5.75 Å². The molecule has 0 heterocycles. The Balaban J connectivity index is 2.63. The van der Waals surface area contributed by atoms with E-state index in [1.807, 2.05) is 0 Å². The first-order valence-corrected chi connectivity index (χ1v) is 5.01. The molecule has 1 aromatic rings. The van der Waals surface area contributed by atoms with Crippen LogP contribution in [0, 0.1) is 5.82 Å². The zero-order valence-corrected chi connectivity index (χ0v) is 9.46. The molecule has 0 aliphatic heterocycles. The lowest BCUT2D eigenvalue weighted by molar-refractivity contribution is -0.122. The normalized spacial score (nSPS) is 10.2. The average Bonchev–Trinajstić information content (AvgIpc) is 2.28. The number of benzene rings is 1. The molecule has 0 radical (unpaired) electrons. The summed E-state index contributed by atoms with van der Waals surface area (Å²) in [5.74, 6) is -0.225. The number of Topliss-reactive ketones (excluding diaryl/α,β-unsaturated/α-hetero) is 1. The minimum atomic E-state index is -0.393. The second-order valence-electron chi connectivity index (χ2n) is 3.41. The molecule has 0 saturated carbocycles. The van der Waals surface area contributed by atoms with E-state index < -0.39 is 5.82 Å². The van der Waals surface area contributed by atoms with Gasteiger partial charge < -0.3 is 9.47 Å². The molecule has 0 N–H and O–H groups in total. The van der Waals surface area contributed by atoms with Crippen molar-refractivity contribution < 1.29 is 18.7 Å². The van der Waals surface area contributed by atoms with E-state index in [0.29, 0.717) is 12.0 Å². The third-order valence-electron chi connectivity index (χ3n) is 2.24. The van der Waals surface area contributed by atoms with Crippen LogP contribution in [0.4, 0.5) is 4.39 Å². The molecule has 88 valence electrons. The van der Waals surface area contributed by atoms with Gasteiger partial charge in [-0.25, -0.2) is 4.39 Å². The quantitative estimate of drug-likeness (QED) is 0.744. The van der Waals surface area contributed by atoms with Crippen LogP contribution in [0.5, 0.6) is 5.75 Å². The molecule has 1 rings (SSSR count). The van der Waals surface area contributed by atoms with Crippen LogP contribution in [0.25, 0.3) is 0 Å². The fourth-order valence-corrected chi connectivity index (χ4v) is 1.41. The van der Waals surface area contributed by atoms with Crippen molar-refractivity contribution in [3.05, 3.63) is 29.6 Å². The third-order valence-corrected chi connectivity index (χ3v) is 2.24. The number of ketones is 1. The molecule has 0 amide bonds. The molecule has 1 aromatic carbocycles. The maximum atomic E-state index is 13.6. The third kappa shape index (κ3) is 3.31. The van der Waals surface area contributed by atoms with Crippen molar-refractivity contribution >= 4 is 5.78 Å². The summed E-state index contributed by atoms with van der Waals surface area (Å²) in [5.41, 5.74) is 0.490. The number of ether oxygens (including phenoxy) is 2. The van der Waals surface area contributed by atoms with Crippen LogP contribution >= 0.6 is 0 Å². The van der Waals surface area contributed by atoms with Gasteiger partial charge >= 0.3 is 0 Å². The summed E-state index contributed by atoms with van der Waals surface area (Å²) in [4.78, 5) is 11.2. The van der Waals surface area contributed by atoms with Gasteiger partial charge in [0.25, 0.3) is 0 Å². The monoisotopic (exact) mass is 226 g/mol. The smallest absolute Gasteiger partial charge is 0.168 e. The Morgan fingerprint density at radius 2 is 2.12 bits per heavy atom. The number of rotatable bonds is 6. The lowest BCUT2D eigenvalue weighted by Crippen LogP contribution is -2.08. The van der Waals surface area contributed by atoms with Gasteiger partial charge in [0.05, 0.1) is 7.11 Å². The van der Waals surface area contributed by atoms with E-state index in [1.165, 1.54) is 14.2 Å². The minimum Gasteiger partial charge on any atom is -0.494 e. The van der Waals surface area contributed by atoms with Crippen molar-refractivity contribution in [1.29, 1.82) is 0 Å². The maximum absolute atomic E-state index is 13.6. The number of carbonyl (C=O) groups is 1. The Kier molecular flexibility index (Phi) is 4.92. The van der Waals surface area contributed by atoms with Gasteiger partial charge in [0, 0.05) is 13.5 Å². The summed E-state index contributed by atoms with van der Waals surface area (Å²) in [6.07, 6.45) is 0.642. The van der Waals surface area contributed by atoms with Crippen LogP contribution in [0.15, 0.2) is 18.2 Å². The Morgan fingerprint density at radius 3 is 2.75 bits per heavy atom. The largest absolute Gasteiger partial charge is 0.494 e. The van der Waals surface area contributed by atoms with E-state index in [-0.39, 0.29) is 24.6 Å². The fraction of sp³-hybridized carbons (Fsp3) is 0.417. The number of hydrogen-bond acceptors (Lipinski definition) is 3. The van der Waals surface area contributed by atoms with Gasteiger partial charge in [-0.1, -0.05) is 12.1 Å². The van der Waals surface area contributed by atoms with E-state index >= 15 is 0 Å². The Hall–Kier alpha value is -1.42. The van der Waals surface area contributed by atoms with Crippen LogP contribution in [-0.4, -0.2) is 26.6 Å². The van der Waals surface area contributed by atoms with Crippen LogP contribution in [0.1, 0.15) is 12.0 Å². The van der Waals surface area contributed by atoms with Gasteiger partial charge in [-0.2, -0.15) is 0 Å².